The lowest BCUT2D eigenvalue weighted by atomic mass is 10.0. The molecule has 0 fully saturated rings. The molecule has 5 unspecified atom stereocenters. The number of carbonyl (C=O) groups is 4. The highest BCUT2D eigenvalue weighted by Gasteiger charge is 2.33. The van der Waals surface area contributed by atoms with Crippen LogP contribution in [0.3, 0.4) is 0 Å². The van der Waals surface area contributed by atoms with E-state index in [0.29, 0.717) is 5.56 Å². The number of nitrogens with two attached hydrogens (primary N) is 1. The van der Waals surface area contributed by atoms with Crippen LogP contribution in [0, 0.1) is 5.92 Å². The van der Waals surface area contributed by atoms with E-state index in [-0.39, 0.29) is 18.6 Å². The number of hydrogen-bond donors (Lipinski definition) is 7. The molecule has 0 radical (unpaired) electrons. The topological polar surface area (TPSA) is 191 Å². The molecule has 5 atom stereocenters. The fourth-order valence-corrected chi connectivity index (χ4v) is 3.73. The maximum Gasteiger partial charge on any atom is 0.326 e. The smallest absolute Gasteiger partial charge is 0.326 e. The maximum absolute atomic E-state index is 13.3. The first-order chi connectivity index (χ1) is 17.9. The molecule has 0 heterocycles. The van der Waals surface area contributed by atoms with E-state index in [1.54, 1.807) is 26.0 Å². The van der Waals surface area contributed by atoms with Gasteiger partial charge in [0.05, 0.1) is 12.1 Å². The number of amides is 3. The largest absolute Gasteiger partial charge is 0.508 e. The predicted octanol–water partition coefficient (Wildman–Crippen LogP) is 0.0805. The van der Waals surface area contributed by atoms with Crippen molar-refractivity contribution in [2.45, 2.75) is 63.9 Å². The molecule has 0 aliphatic heterocycles. The first-order valence-electron chi connectivity index (χ1n) is 12.3. The second kappa shape index (κ2) is 14.1. The van der Waals surface area contributed by atoms with Crippen molar-refractivity contribution in [1.29, 1.82) is 0 Å². The Labute approximate surface area is 221 Å². The molecule has 2 rings (SSSR count). The third kappa shape index (κ3) is 9.16. The summed E-state index contributed by atoms with van der Waals surface area (Å²) in [5.41, 5.74) is 7.52. The fourth-order valence-electron chi connectivity index (χ4n) is 3.73. The summed E-state index contributed by atoms with van der Waals surface area (Å²) < 4.78 is 0. The molecule has 3 amide bonds. The molecule has 0 bridgehead atoms. The number of benzene rings is 2. The summed E-state index contributed by atoms with van der Waals surface area (Å²) in [5.74, 6) is -3.95. The van der Waals surface area contributed by atoms with Crippen molar-refractivity contribution in [1.82, 2.24) is 16.0 Å². The highest BCUT2D eigenvalue weighted by Crippen LogP contribution is 2.12. The van der Waals surface area contributed by atoms with Crippen molar-refractivity contribution in [3.63, 3.8) is 0 Å². The third-order valence-corrected chi connectivity index (χ3v) is 5.94. The average molecular weight is 529 g/mol. The highest BCUT2D eigenvalue weighted by molar-refractivity contribution is 5.94. The van der Waals surface area contributed by atoms with Gasteiger partial charge in [0.2, 0.25) is 17.7 Å². The third-order valence-electron chi connectivity index (χ3n) is 5.94. The quantitative estimate of drug-likeness (QED) is 0.190. The summed E-state index contributed by atoms with van der Waals surface area (Å²) in [6.07, 6.45) is -1.15. The molecule has 38 heavy (non-hydrogen) atoms. The van der Waals surface area contributed by atoms with Gasteiger partial charge in [-0.1, -0.05) is 56.3 Å². The minimum absolute atomic E-state index is 0.00615. The van der Waals surface area contributed by atoms with E-state index < -0.39 is 59.9 Å². The average Bonchev–Trinajstić information content (AvgIpc) is 2.86. The van der Waals surface area contributed by atoms with E-state index in [2.05, 4.69) is 16.0 Å². The van der Waals surface area contributed by atoms with Crippen LogP contribution >= 0.6 is 0 Å². The van der Waals surface area contributed by atoms with Crippen LogP contribution in [-0.2, 0) is 32.0 Å². The number of aliphatic carboxylic acids is 1. The number of phenols is 1. The zero-order valence-electron chi connectivity index (χ0n) is 21.6. The molecular weight excluding hydrogens is 492 g/mol. The van der Waals surface area contributed by atoms with E-state index in [4.69, 9.17) is 5.73 Å². The van der Waals surface area contributed by atoms with Gasteiger partial charge >= 0.3 is 5.97 Å². The van der Waals surface area contributed by atoms with Gasteiger partial charge in [-0.05, 0) is 42.5 Å². The van der Waals surface area contributed by atoms with Crippen molar-refractivity contribution < 1.29 is 34.5 Å². The number of aliphatic hydroxyl groups excluding tert-OH is 1. The molecular formula is C27H36N4O7. The fraction of sp³-hybridized carbons (Fsp3) is 0.407. The van der Waals surface area contributed by atoms with Gasteiger partial charge in [-0.3, -0.25) is 14.4 Å². The first kappa shape index (κ1) is 30.3. The van der Waals surface area contributed by atoms with Gasteiger partial charge in [0.15, 0.2) is 0 Å². The van der Waals surface area contributed by atoms with Gasteiger partial charge in [-0.15, -0.1) is 0 Å². The number of aliphatic hydroxyl groups is 1. The first-order valence-corrected chi connectivity index (χ1v) is 12.3. The Morgan fingerprint density at radius 1 is 0.763 bits per heavy atom. The number of phenolic OH excluding ortho intramolecular Hbond substituents is 1. The lowest BCUT2D eigenvalue weighted by Gasteiger charge is -2.27. The standard InChI is InChI=1S/C27H36N4O7/c1-15(2)22(27(37)38)30-26(36)23(16(3)32)31-25(35)21(14-18-9-11-19(33)12-10-18)29-24(34)20(28)13-17-7-5-4-6-8-17/h4-12,15-16,20-23,32-33H,13-14,28H2,1-3H3,(H,29,34)(H,30,36)(H,31,35)(H,37,38). The second-order valence-corrected chi connectivity index (χ2v) is 9.52. The maximum atomic E-state index is 13.3. The highest BCUT2D eigenvalue weighted by atomic mass is 16.4. The van der Waals surface area contributed by atoms with Crippen LogP contribution in [0.1, 0.15) is 31.9 Å². The minimum atomic E-state index is -1.49. The van der Waals surface area contributed by atoms with E-state index >= 15 is 0 Å². The van der Waals surface area contributed by atoms with Gasteiger partial charge in [0, 0.05) is 6.42 Å². The Hall–Kier alpha value is -3.96. The van der Waals surface area contributed by atoms with Crippen molar-refractivity contribution >= 4 is 23.7 Å². The molecule has 206 valence electrons. The molecule has 8 N–H and O–H groups in total. The monoisotopic (exact) mass is 528 g/mol. The number of carbonyl (C=O) groups excluding carboxylic acids is 3. The molecule has 2 aromatic carbocycles. The number of aromatic hydroxyl groups is 1. The number of carboxylic acids is 1. The Bertz CT molecular complexity index is 1090. The van der Waals surface area contributed by atoms with Crippen LogP contribution in [0.5, 0.6) is 5.75 Å². The summed E-state index contributed by atoms with van der Waals surface area (Å²) >= 11 is 0. The van der Waals surface area contributed by atoms with Crippen LogP contribution in [0.4, 0.5) is 0 Å². The van der Waals surface area contributed by atoms with Crippen LogP contribution in [0.15, 0.2) is 54.6 Å². The predicted molar refractivity (Wildman–Crippen MR) is 140 cm³/mol. The van der Waals surface area contributed by atoms with Crippen molar-refractivity contribution in [2.75, 3.05) is 0 Å². The normalized spacial score (nSPS) is 15.0. The molecule has 0 aliphatic carbocycles. The lowest BCUT2D eigenvalue weighted by Crippen LogP contribution is -2.60. The molecule has 0 spiro atoms. The summed E-state index contributed by atoms with van der Waals surface area (Å²) in [6.45, 7) is 4.49. The SMILES string of the molecule is CC(C)C(NC(=O)C(NC(=O)C(Cc1ccc(O)cc1)NC(=O)C(N)Cc1ccccc1)C(C)O)C(=O)O. The second-order valence-electron chi connectivity index (χ2n) is 9.52. The van der Waals surface area contributed by atoms with Crippen LogP contribution in [0.2, 0.25) is 0 Å². The van der Waals surface area contributed by atoms with E-state index in [1.165, 1.54) is 19.1 Å². The molecule has 11 heteroatoms. The van der Waals surface area contributed by atoms with Crippen LogP contribution < -0.4 is 21.7 Å². The van der Waals surface area contributed by atoms with E-state index in [1.807, 2.05) is 30.3 Å². The lowest BCUT2D eigenvalue weighted by molar-refractivity contribution is -0.144. The van der Waals surface area contributed by atoms with Gasteiger partial charge in [-0.2, -0.15) is 0 Å². The van der Waals surface area contributed by atoms with Crippen LogP contribution in [-0.4, -0.2) is 69.3 Å². The van der Waals surface area contributed by atoms with Gasteiger partial charge < -0.3 is 37.0 Å². The minimum Gasteiger partial charge on any atom is -0.508 e. The number of rotatable bonds is 13. The zero-order valence-corrected chi connectivity index (χ0v) is 21.6. The van der Waals surface area contributed by atoms with Gasteiger partial charge in [0.25, 0.3) is 0 Å². The summed E-state index contributed by atoms with van der Waals surface area (Å²) in [6, 6.07) is 10.2. The van der Waals surface area contributed by atoms with E-state index in [0.717, 1.165) is 5.56 Å². The van der Waals surface area contributed by atoms with Crippen molar-refractivity contribution in [3.8, 4) is 5.75 Å². The van der Waals surface area contributed by atoms with Gasteiger partial charge in [-0.25, -0.2) is 4.79 Å². The molecule has 0 aromatic heterocycles. The Morgan fingerprint density at radius 2 is 1.32 bits per heavy atom. The molecule has 11 nitrogen and oxygen atoms in total. The number of nitrogens with one attached hydrogen (secondary N) is 3. The molecule has 2 aromatic rings. The Morgan fingerprint density at radius 3 is 1.84 bits per heavy atom. The molecule has 0 saturated heterocycles. The number of hydrogen-bond acceptors (Lipinski definition) is 7. The summed E-state index contributed by atoms with van der Waals surface area (Å²) in [4.78, 5) is 50.5. The van der Waals surface area contributed by atoms with Crippen molar-refractivity contribution in [2.24, 2.45) is 11.7 Å². The van der Waals surface area contributed by atoms with Crippen molar-refractivity contribution in [3.05, 3.63) is 65.7 Å². The van der Waals surface area contributed by atoms with E-state index in [9.17, 15) is 34.5 Å². The molecule has 0 saturated carbocycles. The van der Waals surface area contributed by atoms with Gasteiger partial charge in [0.1, 0.15) is 23.9 Å². The molecule has 0 aliphatic rings. The summed E-state index contributed by atoms with van der Waals surface area (Å²) in [7, 11) is 0. The number of carboxylic acid groups (broad SMARTS) is 1. The summed E-state index contributed by atoms with van der Waals surface area (Å²) in [5, 5.41) is 36.5. The Kier molecular flexibility index (Phi) is 11.2. The zero-order chi connectivity index (χ0) is 28.4. The van der Waals surface area contributed by atoms with Crippen LogP contribution in [0.25, 0.3) is 0 Å². The Balaban J connectivity index is 2.22.